The van der Waals surface area contributed by atoms with E-state index in [0.717, 1.165) is 17.7 Å². The van der Waals surface area contributed by atoms with Crippen molar-refractivity contribution in [2.75, 3.05) is 12.4 Å². The number of nitro groups is 1. The van der Waals surface area contributed by atoms with Crippen LogP contribution in [0, 0.1) is 16.0 Å². The highest BCUT2D eigenvalue weighted by Crippen LogP contribution is 2.53. The lowest BCUT2D eigenvalue weighted by Crippen LogP contribution is -2.29. The summed E-state index contributed by atoms with van der Waals surface area (Å²) in [5.41, 5.74) is 4.46. The van der Waals surface area contributed by atoms with Crippen LogP contribution in [0.4, 0.5) is 11.4 Å². The monoisotopic (exact) mass is 364 g/mol. The van der Waals surface area contributed by atoms with Crippen LogP contribution in [-0.2, 0) is 0 Å². The molecular weight excluding hydrogens is 340 g/mol. The van der Waals surface area contributed by atoms with Crippen LogP contribution in [0.5, 0.6) is 5.75 Å². The number of nitrogens with one attached hydrogen (secondary N) is 1. The molecule has 27 heavy (non-hydrogen) atoms. The van der Waals surface area contributed by atoms with Gasteiger partial charge in [-0.3, -0.25) is 10.1 Å². The van der Waals surface area contributed by atoms with Crippen molar-refractivity contribution in [3.05, 3.63) is 75.4 Å². The molecule has 5 heteroatoms. The summed E-state index contributed by atoms with van der Waals surface area (Å²) in [6, 6.07) is 12.1. The molecule has 0 spiro atoms. The van der Waals surface area contributed by atoms with E-state index in [4.69, 9.17) is 4.74 Å². The number of non-ortho nitro benzene ring substituents is 1. The van der Waals surface area contributed by atoms with Gasteiger partial charge in [0.25, 0.3) is 5.69 Å². The third-order valence-corrected chi connectivity index (χ3v) is 5.81. The lowest BCUT2D eigenvalue weighted by atomic mass is 9.76. The van der Waals surface area contributed by atoms with Crippen molar-refractivity contribution in [1.29, 1.82) is 0 Å². The zero-order valence-electron chi connectivity index (χ0n) is 15.8. The molecule has 1 aliphatic carbocycles. The van der Waals surface area contributed by atoms with Crippen molar-refractivity contribution >= 4 is 11.4 Å². The molecule has 1 N–H and O–H groups in total. The Bertz CT molecular complexity index is 903. The molecule has 140 valence electrons. The molecule has 2 aromatic rings. The van der Waals surface area contributed by atoms with Gasteiger partial charge < -0.3 is 10.1 Å². The lowest BCUT2D eigenvalue weighted by Gasteiger charge is -2.38. The maximum Gasteiger partial charge on any atom is 0.273 e. The van der Waals surface area contributed by atoms with Crippen LogP contribution in [0.15, 0.2) is 48.6 Å². The number of nitro benzene ring substituents is 1. The van der Waals surface area contributed by atoms with Gasteiger partial charge in [-0.1, -0.05) is 50.3 Å². The summed E-state index contributed by atoms with van der Waals surface area (Å²) in [4.78, 5) is 11.0. The largest absolute Gasteiger partial charge is 0.494 e. The van der Waals surface area contributed by atoms with E-state index in [1.54, 1.807) is 13.2 Å². The Balaban J connectivity index is 1.78. The van der Waals surface area contributed by atoms with Crippen molar-refractivity contribution in [2.24, 2.45) is 5.92 Å². The molecule has 0 aromatic heterocycles. The van der Waals surface area contributed by atoms with Gasteiger partial charge >= 0.3 is 0 Å². The van der Waals surface area contributed by atoms with Gasteiger partial charge in [-0.15, -0.1) is 0 Å². The number of methoxy groups -OCH3 is 1. The number of anilines is 1. The second-order valence-electron chi connectivity index (χ2n) is 7.67. The molecule has 1 aliphatic heterocycles. The average Bonchev–Trinajstić information content (AvgIpc) is 3.16. The van der Waals surface area contributed by atoms with E-state index < -0.39 is 0 Å². The predicted octanol–water partition coefficient (Wildman–Crippen LogP) is 5.55. The Morgan fingerprint density at radius 2 is 1.96 bits per heavy atom. The molecular formula is C22H24N2O3. The van der Waals surface area contributed by atoms with Gasteiger partial charge in [0.05, 0.1) is 29.8 Å². The first-order valence-corrected chi connectivity index (χ1v) is 9.39. The first kappa shape index (κ1) is 17.6. The Morgan fingerprint density at radius 3 is 2.59 bits per heavy atom. The van der Waals surface area contributed by atoms with E-state index in [0.29, 0.717) is 17.6 Å². The summed E-state index contributed by atoms with van der Waals surface area (Å²) in [5, 5.41) is 15.0. The fraction of sp³-hybridized carbons (Fsp3) is 0.364. The van der Waals surface area contributed by atoms with E-state index in [1.807, 2.05) is 0 Å². The normalized spacial score (nSPS) is 22.9. The van der Waals surface area contributed by atoms with Crippen LogP contribution < -0.4 is 10.1 Å². The minimum atomic E-state index is -0.354. The summed E-state index contributed by atoms with van der Waals surface area (Å²) in [6.45, 7) is 4.39. The zero-order valence-corrected chi connectivity index (χ0v) is 15.8. The molecule has 0 bridgehead atoms. The standard InChI is InChI=1S/C22H24N2O3/c1-13(2)14-7-9-15(10-8-14)21-18-6-4-5-17(18)19-11-16(24(25)26)12-20(27-3)22(19)23-21/h4-5,7-13,17-18,21,23H,6H2,1-3H3/t17-,18-,21+/m0/s1. The van der Waals surface area contributed by atoms with Gasteiger partial charge in [-0.05, 0) is 34.9 Å². The Morgan fingerprint density at radius 1 is 1.22 bits per heavy atom. The molecule has 0 saturated carbocycles. The number of hydrogen-bond acceptors (Lipinski definition) is 4. The van der Waals surface area contributed by atoms with Crippen molar-refractivity contribution in [2.45, 2.75) is 38.1 Å². The fourth-order valence-corrected chi connectivity index (χ4v) is 4.34. The SMILES string of the molecule is COc1cc([N+](=O)[O-])cc2c1N[C@H](c1ccc(C(C)C)cc1)[C@H]1CC=C[C@H]21. The topological polar surface area (TPSA) is 64.4 Å². The van der Waals surface area contributed by atoms with Crippen LogP contribution in [0.1, 0.15) is 54.8 Å². The van der Waals surface area contributed by atoms with Crippen LogP contribution in [0.3, 0.4) is 0 Å². The van der Waals surface area contributed by atoms with Gasteiger partial charge in [0.15, 0.2) is 0 Å². The van der Waals surface area contributed by atoms with Crippen molar-refractivity contribution in [3.8, 4) is 5.75 Å². The highest BCUT2D eigenvalue weighted by molar-refractivity contribution is 5.71. The Hall–Kier alpha value is -2.82. The minimum Gasteiger partial charge on any atom is -0.494 e. The summed E-state index contributed by atoms with van der Waals surface area (Å²) in [7, 11) is 1.56. The number of hydrogen-bond donors (Lipinski definition) is 1. The highest BCUT2D eigenvalue weighted by Gasteiger charge is 2.40. The van der Waals surface area contributed by atoms with Crippen LogP contribution in [0.2, 0.25) is 0 Å². The van der Waals surface area contributed by atoms with Crippen molar-refractivity contribution in [1.82, 2.24) is 0 Å². The number of benzene rings is 2. The molecule has 2 aromatic carbocycles. The van der Waals surface area contributed by atoms with E-state index in [9.17, 15) is 10.1 Å². The fourth-order valence-electron chi connectivity index (χ4n) is 4.34. The summed E-state index contributed by atoms with van der Waals surface area (Å²) < 4.78 is 5.50. The number of nitrogens with zero attached hydrogens (tertiary/aromatic N) is 1. The van der Waals surface area contributed by atoms with Gasteiger partial charge in [-0.2, -0.15) is 0 Å². The number of fused-ring (bicyclic) bond motifs is 3. The molecule has 0 saturated heterocycles. The average molecular weight is 364 g/mol. The molecule has 0 amide bonds. The molecule has 0 radical (unpaired) electrons. The predicted molar refractivity (Wildman–Crippen MR) is 107 cm³/mol. The lowest BCUT2D eigenvalue weighted by molar-refractivity contribution is -0.385. The van der Waals surface area contributed by atoms with Crippen molar-refractivity contribution in [3.63, 3.8) is 0 Å². The molecule has 1 heterocycles. The second-order valence-corrected chi connectivity index (χ2v) is 7.67. The number of allylic oxidation sites excluding steroid dienone is 2. The quantitative estimate of drug-likeness (QED) is 0.439. The third kappa shape index (κ3) is 2.97. The summed E-state index contributed by atoms with van der Waals surface area (Å²) in [6.07, 6.45) is 5.33. The maximum absolute atomic E-state index is 11.3. The van der Waals surface area contributed by atoms with Gasteiger partial charge in [0.1, 0.15) is 5.75 Å². The van der Waals surface area contributed by atoms with Crippen LogP contribution in [0.25, 0.3) is 0 Å². The van der Waals surface area contributed by atoms with Crippen molar-refractivity contribution < 1.29 is 9.66 Å². The first-order valence-electron chi connectivity index (χ1n) is 9.39. The van der Waals surface area contributed by atoms with Gasteiger partial charge in [-0.25, -0.2) is 0 Å². The maximum atomic E-state index is 11.3. The molecule has 2 aliphatic rings. The van der Waals surface area contributed by atoms with Crippen LogP contribution >= 0.6 is 0 Å². The molecule has 5 nitrogen and oxygen atoms in total. The molecule has 4 rings (SSSR count). The molecule has 0 fully saturated rings. The Labute approximate surface area is 159 Å². The van der Waals surface area contributed by atoms with Crippen LogP contribution in [-0.4, -0.2) is 12.0 Å². The number of ether oxygens (including phenoxy) is 1. The van der Waals surface area contributed by atoms with E-state index in [2.05, 4.69) is 55.6 Å². The number of rotatable bonds is 4. The minimum absolute atomic E-state index is 0.0752. The smallest absolute Gasteiger partial charge is 0.273 e. The summed E-state index contributed by atoms with van der Waals surface area (Å²) in [5.74, 6) is 1.53. The second kappa shape index (κ2) is 6.72. The molecule has 3 atom stereocenters. The van der Waals surface area contributed by atoms with E-state index in [-0.39, 0.29) is 22.6 Å². The van der Waals surface area contributed by atoms with E-state index >= 15 is 0 Å². The van der Waals surface area contributed by atoms with Gasteiger partial charge in [0, 0.05) is 12.0 Å². The molecule has 0 unspecified atom stereocenters. The zero-order chi connectivity index (χ0) is 19.1. The first-order chi connectivity index (χ1) is 13.0. The highest BCUT2D eigenvalue weighted by atomic mass is 16.6. The third-order valence-electron chi connectivity index (χ3n) is 5.81. The van der Waals surface area contributed by atoms with E-state index in [1.165, 1.54) is 17.2 Å². The summed E-state index contributed by atoms with van der Waals surface area (Å²) >= 11 is 0. The Kier molecular flexibility index (Phi) is 4.38. The van der Waals surface area contributed by atoms with Gasteiger partial charge in [0.2, 0.25) is 0 Å².